The van der Waals surface area contributed by atoms with E-state index in [2.05, 4.69) is 5.32 Å². The molecule has 0 saturated carbocycles. The minimum absolute atomic E-state index is 0.0542. The highest BCUT2D eigenvalue weighted by molar-refractivity contribution is 7.89. The molecule has 28 heavy (non-hydrogen) atoms. The summed E-state index contributed by atoms with van der Waals surface area (Å²) in [6.07, 6.45) is 2.90. The van der Waals surface area contributed by atoms with Crippen molar-refractivity contribution in [3.63, 3.8) is 0 Å². The van der Waals surface area contributed by atoms with Crippen LogP contribution in [0.15, 0.2) is 59.5 Å². The summed E-state index contributed by atoms with van der Waals surface area (Å²) in [5, 5.41) is 2.95. The number of hydrogen-bond donors (Lipinski definition) is 1. The van der Waals surface area contributed by atoms with Gasteiger partial charge in [-0.25, -0.2) is 8.42 Å². The topological polar surface area (TPSA) is 66.5 Å². The molecule has 6 heteroatoms. The zero-order chi connectivity index (χ0) is 20.0. The first-order valence-electron chi connectivity index (χ1n) is 9.82. The molecule has 1 saturated heterocycles. The Bertz CT molecular complexity index is 872. The molecule has 1 fully saturated rings. The van der Waals surface area contributed by atoms with Crippen molar-refractivity contribution in [1.29, 1.82) is 0 Å². The summed E-state index contributed by atoms with van der Waals surface area (Å²) in [4.78, 5) is 12.4. The Kier molecular flexibility index (Phi) is 6.86. The Morgan fingerprint density at radius 1 is 1.04 bits per heavy atom. The van der Waals surface area contributed by atoms with Crippen molar-refractivity contribution in [2.45, 2.75) is 44.0 Å². The van der Waals surface area contributed by atoms with Crippen molar-refractivity contribution < 1.29 is 13.2 Å². The number of carbonyl (C=O) groups is 1. The highest BCUT2D eigenvalue weighted by atomic mass is 32.2. The molecule has 2 aromatic carbocycles. The van der Waals surface area contributed by atoms with Gasteiger partial charge in [0.2, 0.25) is 15.9 Å². The first kappa shape index (κ1) is 20.6. The third-order valence-electron chi connectivity index (χ3n) is 5.34. The molecule has 0 bridgehead atoms. The molecule has 5 nitrogen and oxygen atoms in total. The molecular weight excluding hydrogens is 372 g/mol. The molecule has 0 atom stereocenters. The van der Waals surface area contributed by atoms with Crippen molar-refractivity contribution in [2.75, 3.05) is 13.1 Å². The van der Waals surface area contributed by atoms with E-state index < -0.39 is 10.0 Å². The second-order valence-electron chi connectivity index (χ2n) is 7.46. The molecule has 0 aromatic heterocycles. The number of amides is 1. The van der Waals surface area contributed by atoms with Crippen LogP contribution in [0.5, 0.6) is 0 Å². The number of hydrogen-bond acceptors (Lipinski definition) is 3. The van der Waals surface area contributed by atoms with E-state index in [0.29, 0.717) is 36.9 Å². The van der Waals surface area contributed by atoms with Gasteiger partial charge in [-0.05, 0) is 49.8 Å². The zero-order valence-electron chi connectivity index (χ0n) is 16.3. The number of sulfonamides is 1. The molecular formula is C22H28N2O3S. The number of rotatable bonds is 7. The maximum absolute atomic E-state index is 12.8. The van der Waals surface area contributed by atoms with Crippen molar-refractivity contribution >= 4 is 15.9 Å². The third-order valence-corrected chi connectivity index (χ3v) is 7.26. The standard InChI is InChI=1S/C22H28N2O3S/c1-18-7-10-21(11-8-18)28(26,27)24-15-13-19(14-16-24)9-12-22(25)23-17-20-5-3-2-4-6-20/h2-8,10-11,19H,9,12-17H2,1H3,(H,23,25). The van der Waals surface area contributed by atoms with Crippen LogP contribution in [0.2, 0.25) is 0 Å². The molecule has 0 aliphatic carbocycles. The molecule has 1 N–H and O–H groups in total. The number of aryl methyl sites for hydroxylation is 1. The van der Waals surface area contributed by atoms with Crippen molar-refractivity contribution in [2.24, 2.45) is 5.92 Å². The van der Waals surface area contributed by atoms with Gasteiger partial charge in [0.05, 0.1) is 4.90 Å². The van der Waals surface area contributed by atoms with Gasteiger partial charge in [-0.1, -0.05) is 48.0 Å². The molecule has 1 aliphatic rings. The zero-order valence-corrected chi connectivity index (χ0v) is 17.1. The fourth-order valence-corrected chi connectivity index (χ4v) is 4.99. The van der Waals surface area contributed by atoms with Crippen molar-refractivity contribution in [3.8, 4) is 0 Å². The summed E-state index contributed by atoms with van der Waals surface area (Å²) in [5.74, 6) is 0.450. The summed E-state index contributed by atoms with van der Waals surface area (Å²) in [6, 6.07) is 16.9. The lowest BCUT2D eigenvalue weighted by molar-refractivity contribution is -0.121. The summed E-state index contributed by atoms with van der Waals surface area (Å²) in [7, 11) is -3.42. The summed E-state index contributed by atoms with van der Waals surface area (Å²) >= 11 is 0. The molecule has 0 unspecified atom stereocenters. The van der Waals surface area contributed by atoms with Gasteiger partial charge in [0.1, 0.15) is 0 Å². The van der Waals surface area contributed by atoms with Crippen molar-refractivity contribution in [1.82, 2.24) is 9.62 Å². The lowest BCUT2D eigenvalue weighted by Gasteiger charge is -2.31. The van der Waals surface area contributed by atoms with E-state index in [0.717, 1.165) is 30.4 Å². The first-order chi connectivity index (χ1) is 13.4. The average molecular weight is 401 g/mol. The number of benzene rings is 2. The second kappa shape index (κ2) is 9.34. The molecule has 3 rings (SSSR count). The van der Waals surface area contributed by atoms with Gasteiger partial charge in [0.15, 0.2) is 0 Å². The van der Waals surface area contributed by atoms with Crippen LogP contribution >= 0.6 is 0 Å². The molecule has 0 spiro atoms. The van der Waals surface area contributed by atoms with Gasteiger partial charge in [-0.2, -0.15) is 4.31 Å². The molecule has 1 heterocycles. The fourth-order valence-electron chi connectivity index (χ4n) is 3.52. The lowest BCUT2D eigenvalue weighted by Crippen LogP contribution is -2.38. The van der Waals surface area contributed by atoms with Crippen LogP contribution < -0.4 is 5.32 Å². The summed E-state index contributed by atoms with van der Waals surface area (Å²) in [6.45, 7) is 3.53. The maximum atomic E-state index is 12.8. The third kappa shape index (κ3) is 5.42. The van der Waals surface area contributed by atoms with Crippen LogP contribution in [-0.2, 0) is 21.4 Å². The fraction of sp³-hybridized carbons (Fsp3) is 0.409. The van der Waals surface area contributed by atoms with Crippen molar-refractivity contribution in [3.05, 3.63) is 65.7 Å². The minimum Gasteiger partial charge on any atom is -0.352 e. The highest BCUT2D eigenvalue weighted by Crippen LogP contribution is 2.26. The molecule has 1 amide bonds. The van der Waals surface area contributed by atoms with Gasteiger partial charge in [0, 0.05) is 26.1 Å². The number of nitrogens with one attached hydrogen (secondary N) is 1. The average Bonchev–Trinajstić information content (AvgIpc) is 2.72. The van der Waals surface area contributed by atoms with Gasteiger partial charge in [-0.15, -0.1) is 0 Å². The van der Waals surface area contributed by atoms with E-state index in [-0.39, 0.29) is 5.91 Å². The monoisotopic (exact) mass is 400 g/mol. The van der Waals surface area contributed by atoms with Gasteiger partial charge in [0.25, 0.3) is 0 Å². The van der Waals surface area contributed by atoms with E-state index in [1.807, 2.05) is 49.4 Å². The lowest BCUT2D eigenvalue weighted by atomic mass is 9.93. The molecule has 1 aliphatic heterocycles. The second-order valence-corrected chi connectivity index (χ2v) is 9.40. The number of piperidine rings is 1. The number of nitrogens with zero attached hydrogens (tertiary/aromatic N) is 1. The molecule has 150 valence electrons. The van der Waals surface area contributed by atoms with Gasteiger partial charge in [-0.3, -0.25) is 4.79 Å². The predicted octanol–water partition coefficient (Wildman–Crippen LogP) is 3.49. The van der Waals surface area contributed by atoms with E-state index in [1.54, 1.807) is 16.4 Å². The highest BCUT2D eigenvalue weighted by Gasteiger charge is 2.29. The van der Waals surface area contributed by atoms with Crippen LogP contribution in [0.1, 0.15) is 36.8 Å². The number of carbonyl (C=O) groups excluding carboxylic acids is 1. The minimum atomic E-state index is -3.42. The Balaban J connectivity index is 1.42. The maximum Gasteiger partial charge on any atom is 0.243 e. The van der Waals surface area contributed by atoms with Crippen LogP contribution in [0.4, 0.5) is 0 Å². The van der Waals surface area contributed by atoms with Crippen LogP contribution in [0, 0.1) is 12.8 Å². The van der Waals surface area contributed by atoms with Crippen LogP contribution in [-0.4, -0.2) is 31.7 Å². The van der Waals surface area contributed by atoms with E-state index in [9.17, 15) is 13.2 Å². The van der Waals surface area contributed by atoms with E-state index in [1.165, 1.54) is 0 Å². The largest absolute Gasteiger partial charge is 0.352 e. The SMILES string of the molecule is Cc1ccc(S(=O)(=O)N2CCC(CCC(=O)NCc3ccccc3)CC2)cc1. The normalized spacial score (nSPS) is 16.0. The van der Waals surface area contributed by atoms with E-state index >= 15 is 0 Å². The van der Waals surface area contributed by atoms with Crippen LogP contribution in [0.25, 0.3) is 0 Å². The smallest absolute Gasteiger partial charge is 0.243 e. The predicted molar refractivity (Wildman–Crippen MR) is 110 cm³/mol. The summed E-state index contributed by atoms with van der Waals surface area (Å²) < 4.78 is 27.1. The van der Waals surface area contributed by atoms with Gasteiger partial charge >= 0.3 is 0 Å². The Labute approximate surface area is 167 Å². The summed E-state index contributed by atoms with van der Waals surface area (Å²) in [5.41, 5.74) is 2.13. The van der Waals surface area contributed by atoms with Gasteiger partial charge < -0.3 is 5.32 Å². The van der Waals surface area contributed by atoms with Crippen LogP contribution in [0.3, 0.4) is 0 Å². The molecule has 0 radical (unpaired) electrons. The molecule has 2 aromatic rings. The first-order valence-corrected chi connectivity index (χ1v) is 11.3. The quantitative estimate of drug-likeness (QED) is 0.774. The Hall–Kier alpha value is -2.18. The Morgan fingerprint density at radius 2 is 1.68 bits per heavy atom. The Morgan fingerprint density at radius 3 is 2.32 bits per heavy atom. The van der Waals surface area contributed by atoms with E-state index in [4.69, 9.17) is 0 Å².